The number of hydrogen-bond donors (Lipinski definition) is 0. The molecule has 2 heterocycles. The summed E-state index contributed by atoms with van der Waals surface area (Å²) in [6, 6.07) is 78.2. The molecule has 0 N–H and O–H groups in total. The molecule has 0 saturated heterocycles. The molecule has 0 bridgehead atoms. The van der Waals surface area contributed by atoms with Gasteiger partial charge in [0.05, 0.1) is 0 Å². The minimum absolute atomic E-state index is 0.614. The molecule has 0 saturated carbocycles. The number of fused-ring (bicyclic) bond motifs is 3. The number of nitrogens with zero attached hydrogens (tertiary/aromatic N) is 3. The van der Waals surface area contributed by atoms with Gasteiger partial charge in [0.15, 0.2) is 17.5 Å². The van der Waals surface area contributed by atoms with Crippen molar-refractivity contribution in [3.05, 3.63) is 224 Å². The van der Waals surface area contributed by atoms with Gasteiger partial charge >= 0.3 is 0 Å². The molecule has 11 rings (SSSR count). The molecule has 9 aromatic carbocycles. The smallest absolute Gasteiger partial charge is 0.164 e. The van der Waals surface area contributed by atoms with E-state index in [0.29, 0.717) is 17.5 Å². The highest BCUT2D eigenvalue weighted by atomic mass is 16.3. The van der Waals surface area contributed by atoms with Gasteiger partial charge in [-0.2, -0.15) is 0 Å². The highest BCUT2D eigenvalue weighted by Crippen LogP contribution is 2.38. The summed E-state index contributed by atoms with van der Waals surface area (Å²) in [7, 11) is 0. The normalized spacial score (nSPS) is 11.3. The maximum absolute atomic E-state index is 6.36. The molecule has 0 fully saturated rings. The second-order valence-electron chi connectivity index (χ2n) is 15.2. The lowest BCUT2D eigenvalue weighted by Gasteiger charge is -2.14. The number of furan rings is 1. The van der Waals surface area contributed by atoms with Gasteiger partial charge in [-0.15, -0.1) is 0 Å². The number of rotatable bonds is 8. The summed E-state index contributed by atoms with van der Waals surface area (Å²) in [5.74, 6) is 1.86. The summed E-state index contributed by atoms with van der Waals surface area (Å²) in [5, 5.41) is 2.21. The summed E-state index contributed by atoms with van der Waals surface area (Å²) in [4.78, 5) is 15.4. The van der Waals surface area contributed by atoms with Crippen LogP contribution in [0.3, 0.4) is 0 Å². The molecule has 0 radical (unpaired) electrons. The van der Waals surface area contributed by atoms with Crippen LogP contribution in [-0.4, -0.2) is 15.0 Å². The van der Waals surface area contributed by atoms with E-state index < -0.39 is 0 Å². The van der Waals surface area contributed by atoms with Gasteiger partial charge in [0.2, 0.25) is 0 Å². The van der Waals surface area contributed by atoms with Crippen molar-refractivity contribution < 1.29 is 4.42 Å². The van der Waals surface area contributed by atoms with Crippen LogP contribution in [0.2, 0.25) is 0 Å². The average molecular weight is 780 g/mol. The Kier molecular flexibility index (Phi) is 9.14. The Morgan fingerprint density at radius 1 is 0.230 bits per heavy atom. The van der Waals surface area contributed by atoms with Gasteiger partial charge in [-0.25, -0.2) is 15.0 Å². The van der Waals surface area contributed by atoms with Crippen molar-refractivity contribution in [3.63, 3.8) is 0 Å². The third-order valence-corrected chi connectivity index (χ3v) is 11.3. The zero-order chi connectivity index (χ0) is 40.5. The number of benzene rings is 9. The minimum atomic E-state index is 0.614. The SMILES string of the molecule is c1ccc(-c2ccc3c(c2)oc2ccc(-c4cccc(-c5cccc(-c6nc(-c7ccccc7)nc(-c7ccc(-c8ccccc8)c(-c8ccccc8)c7)n6)c5)c4)cc23)cc1. The first-order valence-corrected chi connectivity index (χ1v) is 20.5. The molecule has 4 heteroatoms. The van der Waals surface area contributed by atoms with E-state index in [1.807, 2.05) is 48.5 Å². The first-order valence-electron chi connectivity index (χ1n) is 20.5. The van der Waals surface area contributed by atoms with Crippen molar-refractivity contribution in [2.75, 3.05) is 0 Å². The first-order chi connectivity index (χ1) is 30.2. The van der Waals surface area contributed by atoms with Crippen LogP contribution in [0.1, 0.15) is 0 Å². The highest BCUT2D eigenvalue weighted by Gasteiger charge is 2.17. The maximum atomic E-state index is 6.36. The summed E-state index contributed by atoms with van der Waals surface area (Å²) < 4.78 is 6.36. The topological polar surface area (TPSA) is 51.8 Å². The van der Waals surface area contributed by atoms with Crippen LogP contribution in [-0.2, 0) is 0 Å². The van der Waals surface area contributed by atoms with Crippen molar-refractivity contribution in [1.82, 2.24) is 15.0 Å². The maximum Gasteiger partial charge on any atom is 0.164 e. The van der Waals surface area contributed by atoms with Gasteiger partial charge in [-0.3, -0.25) is 0 Å². The monoisotopic (exact) mass is 779 g/mol. The zero-order valence-corrected chi connectivity index (χ0v) is 33.1. The van der Waals surface area contributed by atoms with E-state index in [4.69, 9.17) is 19.4 Å². The van der Waals surface area contributed by atoms with Crippen molar-refractivity contribution >= 4 is 21.9 Å². The molecule has 0 aliphatic rings. The van der Waals surface area contributed by atoms with E-state index in [1.54, 1.807) is 0 Å². The average Bonchev–Trinajstić information content (AvgIpc) is 3.72. The molecular formula is C57H37N3O. The quantitative estimate of drug-likeness (QED) is 0.154. The molecule has 11 aromatic rings. The molecule has 2 aromatic heterocycles. The molecule has 0 amide bonds. The van der Waals surface area contributed by atoms with Gasteiger partial charge in [0.1, 0.15) is 11.2 Å². The van der Waals surface area contributed by atoms with E-state index >= 15 is 0 Å². The van der Waals surface area contributed by atoms with Gasteiger partial charge in [-0.05, 0) is 98.1 Å². The molecular weight excluding hydrogens is 743 g/mol. The predicted molar refractivity (Wildman–Crippen MR) is 251 cm³/mol. The lowest BCUT2D eigenvalue weighted by atomic mass is 9.92. The fraction of sp³-hybridized carbons (Fsp3) is 0. The van der Waals surface area contributed by atoms with Gasteiger partial charge < -0.3 is 4.42 Å². The molecule has 0 atom stereocenters. The Morgan fingerprint density at radius 3 is 1.28 bits per heavy atom. The lowest BCUT2D eigenvalue weighted by molar-refractivity contribution is 0.669. The molecule has 0 unspecified atom stereocenters. The minimum Gasteiger partial charge on any atom is -0.456 e. The lowest BCUT2D eigenvalue weighted by Crippen LogP contribution is -2.00. The Hall–Kier alpha value is -8.21. The molecule has 4 nitrogen and oxygen atoms in total. The Balaban J connectivity index is 0.971. The van der Waals surface area contributed by atoms with E-state index in [2.05, 4.69) is 176 Å². The molecule has 0 aliphatic heterocycles. The summed E-state index contributed by atoms with van der Waals surface area (Å²) in [6.07, 6.45) is 0. The fourth-order valence-electron chi connectivity index (χ4n) is 8.24. The van der Waals surface area contributed by atoms with Crippen LogP contribution in [0.4, 0.5) is 0 Å². The van der Waals surface area contributed by atoms with Crippen LogP contribution in [0.5, 0.6) is 0 Å². The summed E-state index contributed by atoms with van der Waals surface area (Å²) in [6.45, 7) is 0. The van der Waals surface area contributed by atoms with Crippen LogP contribution in [0, 0.1) is 0 Å². The summed E-state index contributed by atoms with van der Waals surface area (Å²) in [5.41, 5.74) is 15.8. The third kappa shape index (κ3) is 7.07. The van der Waals surface area contributed by atoms with E-state index in [0.717, 1.165) is 88.7 Å². The fourth-order valence-corrected chi connectivity index (χ4v) is 8.24. The van der Waals surface area contributed by atoms with E-state index in [9.17, 15) is 0 Å². The first kappa shape index (κ1) is 35.9. The van der Waals surface area contributed by atoms with E-state index in [1.165, 1.54) is 5.56 Å². The molecule has 0 aliphatic carbocycles. The van der Waals surface area contributed by atoms with Crippen LogP contribution in [0.25, 0.3) is 112 Å². The van der Waals surface area contributed by atoms with Crippen LogP contribution >= 0.6 is 0 Å². The van der Waals surface area contributed by atoms with Gasteiger partial charge in [0, 0.05) is 27.5 Å². The van der Waals surface area contributed by atoms with Crippen molar-refractivity contribution in [3.8, 4) is 89.8 Å². The Bertz CT molecular complexity index is 3340. The van der Waals surface area contributed by atoms with Gasteiger partial charge in [-0.1, -0.05) is 182 Å². The number of aromatic nitrogens is 3. The Morgan fingerprint density at radius 2 is 0.656 bits per heavy atom. The van der Waals surface area contributed by atoms with Crippen molar-refractivity contribution in [1.29, 1.82) is 0 Å². The second kappa shape index (κ2) is 15.5. The van der Waals surface area contributed by atoms with Crippen LogP contribution < -0.4 is 0 Å². The number of hydrogen-bond acceptors (Lipinski definition) is 4. The van der Waals surface area contributed by atoms with Gasteiger partial charge in [0.25, 0.3) is 0 Å². The van der Waals surface area contributed by atoms with Crippen LogP contribution in [0.15, 0.2) is 229 Å². The van der Waals surface area contributed by atoms with Crippen molar-refractivity contribution in [2.24, 2.45) is 0 Å². The van der Waals surface area contributed by atoms with E-state index in [-0.39, 0.29) is 0 Å². The Labute approximate surface area is 354 Å². The second-order valence-corrected chi connectivity index (χ2v) is 15.2. The largest absolute Gasteiger partial charge is 0.456 e. The highest BCUT2D eigenvalue weighted by molar-refractivity contribution is 6.07. The third-order valence-electron chi connectivity index (χ3n) is 11.3. The van der Waals surface area contributed by atoms with Crippen molar-refractivity contribution in [2.45, 2.75) is 0 Å². The summed E-state index contributed by atoms with van der Waals surface area (Å²) >= 11 is 0. The molecule has 0 spiro atoms. The standard InChI is InChI=1S/C57H37N3O/c1-5-15-38(16-6-1)46-27-31-50-52-35-45(29-32-53(52)61-54(50)37-46)43-24-13-23-42(33-43)44-25-14-26-47(34-44)56-58-55(41-21-11-4-12-22-41)59-57(60-56)48-28-30-49(39-17-7-2-8-18-39)51(36-48)40-19-9-3-10-20-40/h1-37H. The molecule has 286 valence electrons. The molecule has 61 heavy (non-hydrogen) atoms. The predicted octanol–water partition coefficient (Wildman–Crippen LogP) is 15.1. The zero-order valence-electron chi connectivity index (χ0n) is 33.1.